The van der Waals surface area contributed by atoms with Crippen LogP contribution in [0.2, 0.25) is 0 Å². The SMILES string of the molecule is CC1CC[NH+]([O-])CC1C(=O)[O-]. The van der Waals surface area contributed by atoms with Crippen LogP contribution in [-0.4, -0.2) is 19.1 Å². The van der Waals surface area contributed by atoms with E-state index in [2.05, 4.69) is 0 Å². The number of piperidine rings is 1. The lowest BCUT2D eigenvalue weighted by molar-refractivity contribution is -0.858. The van der Waals surface area contributed by atoms with Crippen molar-refractivity contribution < 1.29 is 15.0 Å². The summed E-state index contributed by atoms with van der Waals surface area (Å²) in [7, 11) is 0. The first-order valence-electron chi connectivity index (χ1n) is 3.84. The monoisotopic (exact) mass is 158 g/mol. The second-order valence-electron chi connectivity index (χ2n) is 3.18. The predicted octanol–water partition coefficient (Wildman–Crippen LogP) is -2.22. The first kappa shape index (κ1) is 8.49. The van der Waals surface area contributed by atoms with Crippen molar-refractivity contribution >= 4 is 5.97 Å². The van der Waals surface area contributed by atoms with Crippen LogP contribution in [0.1, 0.15) is 13.3 Å². The third kappa shape index (κ3) is 1.91. The van der Waals surface area contributed by atoms with Crippen LogP contribution >= 0.6 is 0 Å². The molecule has 4 heteroatoms. The molecule has 4 nitrogen and oxygen atoms in total. The summed E-state index contributed by atoms with van der Waals surface area (Å²) >= 11 is 0. The molecule has 3 atom stereocenters. The highest BCUT2D eigenvalue weighted by atomic mass is 16.5. The first-order chi connectivity index (χ1) is 5.11. The third-order valence-corrected chi connectivity index (χ3v) is 2.32. The van der Waals surface area contributed by atoms with Gasteiger partial charge in [-0.25, -0.2) is 0 Å². The number of carboxylic acid groups (broad SMARTS) is 1. The fraction of sp³-hybridized carbons (Fsp3) is 0.857. The van der Waals surface area contributed by atoms with E-state index in [-0.39, 0.29) is 17.5 Å². The van der Waals surface area contributed by atoms with Crippen LogP contribution in [0.4, 0.5) is 0 Å². The third-order valence-electron chi connectivity index (χ3n) is 2.32. The molecule has 64 valence electrons. The maximum atomic E-state index is 10.8. The molecule has 11 heavy (non-hydrogen) atoms. The van der Waals surface area contributed by atoms with Gasteiger partial charge in [-0.2, -0.15) is 0 Å². The van der Waals surface area contributed by atoms with E-state index in [9.17, 15) is 15.1 Å². The van der Waals surface area contributed by atoms with Crippen molar-refractivity contribution in [2.45, 2.75) is 13.3 Å². The molecule has 0 aromatic rings. The highest BCUT2D eigenvalue weighted by Gasteiger charge is 2.26. The van der Waals surface area contributed by atoms with E-state index in [4.69, 9.17) is 0 Å². The van der Waals surface area contributed by atoms with Crippen molar-refractivity contribution in [3.63, 3.8) is 0 Å². The Bertz CT molecular complexity index is 160. The van der Waals surface area contributed by atoms with Crippen molar-refractivity contribution in [2.24, 2.45) is 11.8 Å². The number of carboxylic acids is 1. The summed E-state index contributed by atoms with van der Waals surface area (Å²) in [6.45, 7) is 2.56. The zero-order valence-corrected chi connectivity index (χ0v) is 6.50. The average Bonchev–Trinajstić information content (AvgIpc) is 1.94. The molecule has 0 amide bonds. The van der Waals surface area contributed by atoms with Gasteiger partial charge in [0, 0.05) is 6.42 Å². The molecule has 0 aromatic carbocycles. The van der Waals surface area contributed by atoms with Crippen LogP contribution in [0.3, 0.4) is 0 Å². The van der Waals surface area contributed by atoms with E-state index in [1.54, 1.807) is 0 Å². The molecule has 1 aliphatic rings. The highest BCUT2D eigenvalue weighted by Crippen LogP contribution is 2.14. The minimum absolute atomic E-state index is 0.0531. The lowest BCUT2D eigenvalue weighted by atomic mass is 9.88. The molecule has 0 spiro atoms. The predicted molar refractivity (Wildman–Crippen MR) is 36.3 cm³/mol. The van der Waals surface area contributed by atoms with Gasteiger partial charge in [-0.3, -0.25) is 0 Å². The molecule has 0 saturated carbocycles. The maximum Gasteiger partial charge on any atom is 0.0852 e. The van der Waals surface area contributed by atoms with Crippen molar-refractivity contribution in [1.82, 2.24) is 0 Å². The van der Waals surface area contributed by atoms with Crippen LogP contribution in [-0.2, 0) is 4.79 Å². The van der Waals surface area contributed by atoms with Crippen LogP contribution in [0.5, 0.6) is 0 Å². The fourth-order valence-corrected chi connectivity index (χ4v) is 1.45. The van der Waals surface area contributed by atoms with Gasteiger partial charge in [0.25, 0.3) is 0 Å². The second kappa shape index (κ2) is 3.19. The van der Waals surface area contributed by atoms with Gasteiger partial charge < -0.3 is 20.2 Å². The van der Waals surface area contributed by atoms with Gasteiger partial charge in [0.15, 0.2) is 0 Å². The van der Waals surface area contributed by atoms with E-state index in [1.807, 2.05) is 6.92 Å². The molecule has 0 aromatic heterocycles. The number of rotatable bonds is 1. The normalized spacial score (nSPS) is 38.5. The van der Waals surface area contributed by atoms with Crippen molar-refractivity contribution in [2.75, 3.05) is 13.1 Å². The van der Waals surface area contributed by atoms with E-state index >= 15 is 0 Å². The van der Waals surface area contributed by atoms with Crippen molar-refractivity contribution in [3.8, 4) is 0 Å². The zero-order chi connectivity index (χ0) is 8.43. The van der Waals surface area contributed by atoms with Crippen LogP contribution < -0.4 is 10.2 Å². The largest absolute Gasteiger partial charge is 0.634 e. The molecule has 1 heterocycles. The number of quaternary nitrogens is 1. The zero-order valence-electron chi connectivity index (χ0n) is 6.50. The second-order valence-corrected chi connectivity index (χ2v) is 3.18. The summed E-state index contributed by atoms with van der Waals surface area (Å²) in [5.74, 6) is -1.53. The Morgan fingerprint density at radius 1 is 1.64 bits per heavy atom. The summed E-state index contributed by atoms with van der Waals surface area (Å²) in [6, 6.07) is 0. The molecule has 1 saturated heterocycles. The Kier molecular flexibility index (Phi) is 2.46. The van der Waals surface area contributed by atoms with Gasteiger partial charge in [0.1, 0.15) is 0 Å². The fourth-order valence-electron chi connectivity index (χ4n) is 1.45. The van der Waals surface area contributed by atoms with Crippen LogP contribution in [0.15, 0.2) is 0 Å². The smallest absolute Gasteiger partial charge is 0.0852 e. The standard InChI is InChI=1S/C7H13NO3/c1-5-2-3-8(11)4-6(5)7(9)10/h5-6,8H,2-4H2,1H3,(H,9,10)/p-1. The average molecular weight is 158 g/mol. The maximum absolute atomic E-state index is 10.8. The minimum Gasteiger partial charge on any atom is -0.634 e. The Morgan fingerprint density at radius 3 is 2.73 bits per heavy atom. The summed E-state index contributed by atoms with van der Waals surface area (Å²) in [4.78, 5) is 10.4. The van der Waals surface area contributed by atoms with Crippen LogP contribution in [0.25, 0.3) is 0 Å². The molecule has 1 N–H and O–H groups in total. The lowest BCUT2D eigenvalue weighted by Gasteiger charge is -2.36. The van der Waals surface area contributed by atoms with E-state index in [0.717, 1.165) is 0 Å². The van der Waals surface area contributed by atoms with Gasteiger partial charge >= 0.3 is 0 Å². The summed E-state index contributed by atoms with van der Waals surface area (Å²) in [5, 5.41) is 21.3. The first-order valence-corrected chi connectivity index (χ1v) is 3.84. The molecular weight excluding hydrogens is 146 g/mol. The van der Waals surface area contributed by atoms with Crippen molar-refractivity contribution in [3.05, 3.63) is 5.21 Å². The number of hydroxylamine groups is 2. The summed E-state index contributed by atoms with van der Waals surface area (Å²) in [5.41, 5.74) is 0. The van der Waals surface area contributed by atoms with Gasteiger partial charge in [-0.1, -0.05) is 6.92 Å². The van der Waals surface area contributed by atoms with Gasteiger partial charge in [0.05, 0.1) is 25.0 Å². The van der Waals surface area contributed by atoms with Gasteiger partial charge in [0.2, 0.25) is 0 Å². The number of hydrogen-bond acceptors (Lipinski definition) is 3. The highest BCUT2D eigenvalue weighted by molar-refractivity contribution is 5.68. The Morgan fingerprint density at radius 2 is 2.27 bits per heavy atom. The minimum atomic E-state index is -1.08. The number of carbonyl (C=O) groups excluding carboxylic acids is 1. The Labute approximate surface area is 65.4 Å². The van der Waals surface area contributed by atoms with E-state index in [0.29, 0.717) is 13.0 Å². The molecule has 1 fully saturated rings. The number of nitrogens with one attached hydrogen (secondary N) is 1. The van der Waals surface area contributed by atoms with Crippen LogP contribution in [0, 0.1) is 17.0 Å². The van der Waals surface area contributed by atoms with E-state index < -0.39 is 11.9 Å². The molecule has 1 rings (SSSR count). The molecule has 0 aliphatic carbocycles. The summed E-state index contributed by atoms with van der Waals surface area (Å²) < 4.78 is 0. The Balaban J connectivity index is 2.54. The van der Waals surface area contributed by atoms with E-state index in [1.165, 1.54) is 0 Å². The molecule has 0 bridgehead atoms. The number of carbonyl (C=O) groups is 1. The number of hydrogen-bond donors (Lipinski definition) is 1. The van der Waals surface area contributed by atoms with Gasteiger partial charge in [-0.05, 0) is 5.92 Å². The Hall–Kier alpha value is -0.610. The topological polar surface area (TPSA) is 67.6 Å². The van der Waals surface area contributed by atoms with Crippen molar-refractivity contribution in [1.29, 1.82) is 0 Å². The molecule has 0 radical (unpaired) electrons. The summed E-state index contributed by atoms with van der Waals surface area (Å²) in [6.07, 6.45) is 0.692. The molecule has 3 unspecified atom stereocenters. The molecule has 1 aliphatic heterocycles. The quantitative estimate of drug-likeness (QED) is 0.439. The van der Waals surface area contributed by atoms with Gasteiger partial charge in [-0.15, -0.1) is 0 Å². The molecular formula is C7H12NO3-. The lowest BCUT2D eigenvalue weighted by Crippen LogP contribution is -3.09. The number of aliphatic carboxylic acids is 1.